The van der Waals surface area contributed by atoms with Crippen LogP contribution < -0.4 is 5.32 Å². The second-order valence-electron chi connectivity index (χ2n) is 5.41. The number of nitrogens with one attached hydrogen (secondary N) is 1. The van der Waals surface area contributed by atoms with E-state index in [1.54, 1.807) is 0 Å². The van der Waals surface area contributed by atoms with Gasteiger partial charge in [-0.25, -0.2) is 0 Å². The van der Waals surface area contributed by atoms with Crippen molar-refractivity contribution in [2.45, 2.75) is 40.2 Å². The first-order valence-electron chi connectivity index (χ1n) is 5.82. The third-order valence-electron chi connectivity index (χ3n) is 2.66. The highest BCUT2D eigenvalue weighted by Crippen LogP contribution is 2.21. The summed E-state index contributed by atoms with van der Waals surface area (Å²) in [6.07, 6.45) is 0.187. The smallest absolute Gasteiger partial charge is 0.261 e. The van der Waals surface area contributed by atoms with Crippen molar-refractivity contribution < 1.29 is 9.90 Å². The summed E-state index contributed by atoms with van der Waals surface area (Å²) in [5.41, 5.74) is 0.972. The maximum absolute atomic E-state index is 11.7. The van der Waals surface area contributed by atoms with Gasteiger partial charge in [0.1, 0.15) is 0 Å². The Hall–Kier alpha value is -0.870. The van der Waals surface area contributed by atoms with Crippen LogP contribution in [0.25, 0.3) is 0 Å². The predicted octanol–water partition coefficient (Wildman–Crippen LogP) is 2.58. The number of amides is 1. The minimum atomic E-state index is -0.395. The van der Waals surface area contributed by atoms with Crippen LogP contribution in [-0.2, 0) is 0 Å². The van der Waals surface area contributed by atoms with Crippen molar-refractivity contribution in [1.29, 1.82) is 0 Å². The fourth-order valence-electron chi connectivity index (χ4n) is 1.39. The van der Waals surface area contributed by atoms with Crippen LogP contribution in [0.5, 0.6) is 0 Å². The van der Waals surface area contributed by atoms with Crippen LogP contribution in [-0.4, -0.2) is 23.7 Å². The number of carbonyl (C=O) groups excluding carboxylic acids is 1. The van der Waals surface area contributed by atoms with E-state index in [4.69, 9.17) is 0 Å². The van der Waals surface area contributed by atoms with E-state index < -0.39 is 6.10 Å². The molecule has 0 bridgehead atoms. The average molecular weight is 255 g/mol. The zero-order valence-corrected chi connectivity index (χ0v) is 11.7. The maximum Gasteiger partial charge on any atom is 0.261 e. The zero-order valence-electron chi connectivity index (χ0n) is 10.9. The van der Waals surface area contributed by atoms with Crippen LogP contribution in [0.1, 0.15) is 42.4 Å². The van der Waals surface area contributed by atoms with Gasteiger partial charge in [-0.1, -0.05) is 20.8 Å². The summed E-state index contributed by atoms with van der Waals surface area (Å²) in [5, 5.41) is 14.6. The molecule has 1 rings (SSSR count). The number of rotatable bonds is 4. The number of carbonyl (C=O) groups is 1. The average Bonchev–Trinajstić information content (AvgIpc) is 2.63. The van der Waals surface area contributed by atoms with Crippen LogP contribution in [0.3, 0.4) is 0 Å². The zero-order chi connectivity index (χ0) is 13.1. The number of thiophene rings is 1. The molecule has 0 saturated heterocycles. The van der Waals surface area contributed by atoms with E-state index in [0.717, 1.165) is 10.4 Å². The normalized spacial score (nSPS) is 13.5. The first-order chi connectivity index (χ1) is 7.80. The van der Waals surface area contributed by atoms with Gasteiger partial charge in [-0.2, -0.15) is 0 Å². The Morgan fingerprint density at radius 2 is 2.18 bits per heavy atom. The molecular formula is C13H21NO2S. The minimum Gasteiger partial charge on any atom is -0.393 e. The monoisotopic (exact) mass is 255 g/mol. The molecule has 1 unspecified atom stereocenters. The van der Waals surface area contributed by atoms with Crippen molar-refractivity contribution in [1.82, 2.24) is 5.32 Å². The van der Waals surface area contributed by atoms with Gasteiger partial charge in [0.05, 0.1) is 11.0 Å². The summed E-state index contributed by atoms with van der Waals surface area (Å²) in [6.45, 7) is 8.44. The summed E-state index contributed by atoms with van der Waals surface area (Å²) in [4.78, 5) is 12.4. The molecule has 17 heavy (non-hydrogen) atoms. The number of hydrogen-bond acceptors (Lipinski definition) is 3. The molecule has 96 valence electrons. The lowest BCUT2D eigenvalue weighted by molar-refractivity contribution is 0.0551. The number of aliphatic hydroxyl groups is 1. The molecule has 1 aromatic heterocycles. The Bertz CT molecular complexity index is 379. The molecule has 0 radical (unpaired) electrons. The van der Waals surface area contributed by atoms with E-state index >= 15 is 0 Å². The Balaban J connectivity index is 2.35. The van der Waals surface area contributed by atoms with Crippen molar-refractivity contribution in [3.63, 3.8) is 0 Å². The molecule has 0 saturated carbocycles. The van der Waals surface area contributed by atoms with Crippen LogP contribution >= 0.6 is 11.3 Å². The van der Waals surface area contributed by atoms with E-state index in [1.807, 2.05) is 39.1 Å². The first-order valence-corrected chi connectivity index (χ1v) is 6.70. The fraction of sp³-hybridized carbons (Fsp3) is 0.615. The number of aryl methyl sites for hydroxylation is 1. The third kappa shape index (κ3) is 4.48. The van der Waals surface area contributed by atoms with Gasteiger partial charge in [-0.15, -0.1) is 11.3 Å². The summed E-state index contributed by atoms with van der Waals surface area (Å²) in [6, 6.07) is 1.88. The van der Waals surface area contributed by atoms with Gasteiger partial charge >= 0.3 is 0 Å². The Morgan fingerprint density at radius 3 is 2.65 bits per heavy atom. The molecule has 1 atom stereocenters. The molecule has 0 aliphatic carbocycles. The van der Waals surface area contributed by atoms with E-state index in [9.17, 15) is 9.90 Å². The fourth-order valence-corrected chi connectivity index (χ4v) is 2.21. The van der Waals surface area contributed by atoms with Crippen molar-refractivity contribution in [2.75, 3.05) is 6.54 Å². The lowest BCUT2D eigenvalue weighted by Gasteiger charge is -2.25. The second-order valence-corrected chi connectivity index (χ2v) is 6.33. The lowest BCUT2D eigenvalue weighted by Crippen LogP contribution is -2.32. The lowest BCUT2D eigenvalue weighted by atomic mass is 9.87. The Morgan fingerprint density at radius 1 is 1.53 bits per heavy atom. The summed E-state index contributed by atoms with van der Waals surface area (Å²) in [5.74, 6) is -0.0517. The largest absolute Gasteiger partial charge is 0.393 e. The molecule has 0 fully saturated rings. The van der Waals surface area contributed by atoms with E-state index in [0.29, 0.717) is 13.0 Å². The van der Waals surface area contributed by atoms with Gasteiger partial charge < -0.3 is 10.4 Å². The molecule has 2 N–H and O–H groups in total. The Kier molecular flexibility index (Phi) is 4.71. The summed E-state index contributed by atoms with van der Waals surface area (Å²) >= 11 is 1.45. The van der Waals surface area contributed by atoms with Crippen molar-refractivity contribution >= 4 is 17.2 Å². The van der Waals surface area contributed by atoms with Crippen molar-refractivity contribution in [3.8, 4) is 0 Å². The Labute approximate surface area is 107 Å². The summed E-state index contributed by atoms with van der Waals surface area (Å²) < 4.78 is 0. The molecule has 1 amide bonds. The molecule has 3 nitrogen and oxygen atoms in total. The van der Waals surface area contributed by atoms with Crippen LogP contribution in [0, 0.1) is 12.3 Å². The van der Waals surface area contributed by atoms with E-state index in [2.05, 4.69) is 5.32 Å². The van der Waals surface area contributed by atoms with Gasteiger partial charge in [-0.3, -0.25) is 4.79 Å². The standard InChI is InChI=1S/C13H21NO2S/c1-9-7-10(17-8-9)12(16)14-6-5-11(15)13(2,3)4/h7-8,11,15H,5-6H2,1-4H3,(H,14,16). The van der Waals surface area contributed by atoms with Crippen LogP contribution in [0.2, 0.25) is 0 Å². The molecule has 1 heterocycles. The molecule has 0 aliphatic rings. The minimum absolute atomic E-state index is 0.0517. The summed E-state index contributed by atoms with van der Waals surface area (Å²) in [7, 11) is 0. The molecule has 0 spiro atoms. The van der Waals surface area contributed by atoms with E-state index in [-0.39, 0.29) is 11.3 Å². The van der Waals surface area contributed by atoms with Crippen molar-refractivity contribution in [2.24, 2.45) is 5.41 Å². The van der Waals surface area contributed by atoms with Gasteiger partial charge in [0, 0.05) is 6.54 Å². The van der Waals surface area contributed by atoms with Gasteiger partial charge in [0.15, 0.2) is 0 Å². The SMILES string of the molecule is Cc1csc(C(=O)NCCC(O)C(C)(C)C)c1. The quantitative estimate of drug-likeness (QED) is 0.868. The van der Waals surface area contributed by atoms with Crippen LogP contribution in [0.4, 0.5) is 0 Å². The molecular weight excluding hydrogens is 234 g/mol. The highest BCUT2D eigenvalue weighted by molar-refractivity contribution is 7.12. The topological polar surface area (TPSA) is 49.3 Å². The number of aliphatic hydroxyl groups excluding tert-OH is 1. The van der Waals surface area contributed by atoms with E-state index in [1.165, 1.54) is 11.3 Å². The highest BCUT2D eigenvalue weighted by Gasteiger charge is 2.21. The molecule has 1 aromatic rings. The maximum atomic E-state index is 11.7. The predicted molar refractivity (Wildman–Crippen MR) is 71.5 cm³/mol. The van der Waals surface area contributed by atoms with Crippen molar-refractivity contribution in [3.05, 3.63) is 21.9 Å². The van der Waals surface area contributed by atoms with Gasteiger partial charge in [-0.05, 0) is 35.8 Å². The number of hydrogen-bond donors (Lipinski definition) is 2. The molecule has 0 aliphatic heterocycles. The van der Waals surface area contributed by atoms with Gasteiger partial charge in [0.2, 0.25) is 0 Å². The highest BCUT2D eigenvalue weighted by atomic mass is 32.1. The van der Waals surface area contributed by atoms with Gasteiger partial charge in [0.25, 0.3) is 5.91 Å². The molecule has 4 heteroatoms. The third-order valence-corrected chi connectivity index (χ3v) is 3.70. The molecule has 0 aromatic carbocycles. The first kappa shape index (κ1) is 14.2. The van der Waals surface area contributed by atoms with Crippen LogP contribution in [0.15, 0.2) is 11.4 Å². The second kappa shape index (κ2) is 5.65.